The lowest BCUT2D eigenvalue weighted by atomic mass is 10.1. The number of nitrogens with one attached hydrogen (secondary N) is 3. The largest absolute Gasteiger partial charge is 0.493 e. The summed E-state index contributed by atoms with van der Waals surface area (Å²) >= 11 is 0. The maximum Gasteiger partial charge on any atom is 0.240 e. The van der Waals surface area contributed by atoms with Gasteiger partial charge < -0.3 is 15.4 Å². The maximum atomic E-state index is 11.8. The normalized spacial score (nSPS) is 13.7. The van der Waals surface area contributed by atoms with Gasteiger partial charge in [-0.2, -0.15) is 0 Å². The summed E-state index contributed by atoms with van der Waals surface area (Å²) in [7, 11) is -0.281. The Labute approximate surface area is 166 Å². The van der Waals surface area contributed by atoms with Gasteiger partial charge in [0.2, 0.25) is 10.0 Å². The number of fused-ring (bicyclic) bond motifs is 1. The van der Waals surface area contributed by atoms with Gasteiger partial charge in [-0.1, -0.05) is 24.3 Å². The van der Waals surface area contributed by atoms with Crippen molar-refractivity contribution >= 4 is 16.0 Å². The molecule has 1 aliphatic rings. The molecule has 0 unspecified atom stereocenters. The highest BCUT2D eigenvalue weighted by Crippen LogP contribution is 2.25. The van der Waals surface area contributed by atoms with Crippen LogP contribution in [-0.4, -0.2) is 41.6 Å². The predicted molar refractivity (Wildman–Crippen MR) is 110 cm³/mol. The van der Waals surface area contributed by atoms with Gasteiger partial charge in [-0.25, -0.2) is 13.1 Å². The van der Waals surface area contributed by atoms with Crippen LogP contribution in [0.4, 0.5) is 0 Å². The van der Waals surface area contributed by atoms with Gasteiger partial charge in [0.1, 0.15) is 5.75 Å². The van der Waals surface area contributed by atoms with Crippen LogP contribution < -0.4 is 20.1 Å². The van der Waals surface area contributed by atoms with Crippen LogP contribution in [0.3, 0.4) is 0 Å². The molecule has 0 atom stereocenters. The number of hydrogen-bond acceptors (Lipinski definition) is 4. The summed E-state index contributed by atoms with van der Waals surface area (Å²) in [6.07, 6.45) is 1.87. The van der Waals surface area contributed by atoms with E-state index in [1.807, 2.05) is 6.07 Å². The highest BCUT2D eigenvalue weighted by Gasteiger charge is 2.12. The van der Waals surface area contributed by atoms with Crippen molar-refractivity contribution in [3.63, 3.8) is 0 Å². The molecule has 8 heteroatoms. The van der Waals surface area contributed by atoms with Crippen molar-refractivity contribution < 1.29 is 13.2 Å². The monoisotopic (exact) mass is 402 g/mol. The zero-order chi connectivity index (χ0) is 20.0. The molecule has 0 saturated heterocycles. The molecule has 1 heterocycles. The molecule has 0 saturated carbocycles. The van der Waals surface area contributed by atoms with E-state index in [1.54, 1.807) is 31.3 Å². The number of aliphatic imine (C=N–C) groups is 1. The van der Waals surface area contributed by atoms with Crippen LogP contribution in [0.25, 0.3) is 0 Å². The van der Waals surface area contributed by atoms with Gasteiger partial charge in [-0.15, -0.1) is 0 Å². The Morgan fingerprint density at radius 3 is 2.57 bits per heavy atom. The second-order valence-corrected chi connectivity index (χ2v) is 8.38. The van der Waals surface area contributed by atoms with Crippen molar-refractivity contribution in [1.82, 2.24) is 15.4 Å². The molecule has 0 spiro atoms. The van der Waals surface area contributed by atoms with Crippen LogP contribution in [0.15, 0.2) is 52.4 Å². The van der Waals surface area contributed by atoms with E-state index >= 15 is 0 Å². The Morgan fingerprint density at radius 2 is 1.86 bits per heavy atom. The van der Waals surface area contributed by atoms with Gasteiger partial charge in [0, 0.05) is 26.6 Å². The van der Waals surface area contributed by atoms with E-state index in [2.05, 4.69) is 32.5 Å². The lowest BCUT2D eigenvalue weighted by Gasteiger charge is -2.12. The van der Waals surface area contributed by atoms with Gasteiger partial charge in [0.05, 0.1) is 11.5 Å². The van der Waals surface area contributed by atoms with E-state index in [1.165, 1.54) is 18.2 Å². The average molecular weight is 403 g/mol. The van der Waals surface area contributed by atoms with E-state index in [4.69, 9.17) is 4.74 Å². The summed E-state index contributed by atoms with van der Waals surface area (Å²) < 4.78 is 31.4. The number of ether oxygens (including phenoxy) is 1. The Balaban J connectivity index is 1.47. The second kappa shape index (κ2) is 9.07. The van der Waals surface area contributed by atoms with Crippen molar-refractivity contribution in [2.45, 2.75) is 24.3 Å². The van der Waals surface area contributed by atoms with Crippen molar-refractivity contribution in [3.05, 3.63) is 59.2 Å². The number of sulfonamides is 1. The molecule has 7 nitrogen and oxygen atoms in total. The van der Waals surface area contributed by atoms with Crippen LogP contribution in [0.1, 0.15) is 16.7 Å². The van der Waals surface area contributed by atoms with Crippen molar-refractivity contribution in [3.8, 4) is 5.75 Å². The molecule has 0 amide bonds. The summed E-state index contributed by atoms with van der Waals surface area (Å²) in [6.45, 7) is 2.09. The smallest absolute Gasteiger partial charge is 0.240 e. The predicted octanol–water partition coefficient (Wildman–Crippen LogP) is 1.44. The maximum absolute atomic E-state index is 11.8. The van der Waals surface area contributed by atoms with Crippen LogP contribution in [0.5, 0.6) is 5.75 Å². The zero-order valence-electron chi connectivity index (χ0n) is 16.2. The van der Waals surface area contributed by atoms with E-state index in [0.29, 0.717) is 12.5 Å². The average Bonchev–Trinajstić information content (AvgIpc) is 3.18. The molecular formula is C20H26N4O3S. The third kappa shape index (κ3) is 5.02. The number of rotatable bonds is 7. The van der Waals surface area contributed by atoms with Gasteiger partial charge in [-0.3, -0.25) is 4.99 Å². The molecule has 3 N–H and O–H groups in total. The number of guanidine groups is 1. The van der Waals surface area contributed by atoms with Crippen molar-refractivity contribution in [2.24, 2.45) is 4.99 Å². The third-order valence-corrected chi connectivity index (χ3v) is 6.08. The van der Waals surface area contributed by atoms with Gasteiger partial charge in [0.15, 0.2) is 5.96 Å². The molecule has 0 fully saturated rings. The topological polar surface area (TPSA) is 91.8 Å². The molecule has 0 bridgehead atoms. The minimum Gasteiger partial charge on any atom is -0.493 e. The van der Waals surface area contributed by atoms with E-state index in [0.717, 1.165) is 37.3 Å². The Kier molecular flexibility index (Phi) is 6.53. The van der Waals surface area contributed by atoms with Crippen LogP contribution in [-0.2, 0) is 29.4 Å². The summed E-state index contributed by atoms with van der Waals surface area (Å²) in [5.74, 6) is 1.71. The second-order valence-electron chi connectivity index (χ2n) is 6.49. The first-order chi connectivity index (χ1) is 13.5. The molecule has 1 aliphatic heterocycles. The highest BCUT2D eigenvalue weighted by molar-refractivity contribution is 7.89. The van der Waals surface area contributed by atoms with Crippen molar-refractivity contribution in [1.29, 1.82) is 0 Å². The van der Waals surface area contributed by atoms with E-state index in [-0.39, 0.29) is 4.90 Å². The molecule has 150 valence electrons. The number of nitrogens with zero attached hydrogens (tertiary/aromatic N) is 1. The first-order valence-corrected chi connectivity index (χ1v) is 10.7. The van der Waals surface area contributed by atoms with Gasteiger partial charge in [0.25, 0.3) is 0 Å². The molecule has 0 aliphatic carbocycles. The fraction of sp³-hybridized carbons (Fsp3) is 0.350. The van der Waals surface area contributed by atoms with Crippen LogP contribution in [0, 0.1) is 0 Å². The summed E-state index contributed by atoms with van der Waals surface area (Å²) in [6, 6.07) is 13.1. The fourth-order valence-electron chi connectivity index (χ4n) is 3.03. The quantitative estimate of drug-likeness (QED) is 0.481. The van der Waals surface area contributed by atoms with E-state index < -0.39 is 10.0 Å². The summed E-state index contributed by atoms with van der Waals surface area (Å²) in [5.41, 5.74) is 3.52. The molecule has 2 aromatic rings. The molecule has 2 aromatic carbocycles. The first-order valence-electron chi connectivity index (χ1n) is 9.23. The molecule has 0 aromatic heterocycles. The standard InChI is InChI=1S/C20H26N4O3S/c1-21-20(23-11-9-15-5-8-19-17(13-15)10-12-27-19)24-14-16-3-6-18(7-4-16)28(25,26)22-2/h3-8,13,22H,9-12,14H2,1-2H3,(H2,21,23,24). The summed E-state index contributed by atoms with van der Waals surface area (Å²) in [4.78, 5) is 4.48. The first kappa shape index (κ1) is 20.2. The van der Waals surface area contributed by atoms with Gasteiger partial charge >= 0.3 is 0 Å². The van der Waals surface area contributed by atoms with E-state index in [9.17, 15) is 8.42 Å². The van der Waals surface area contributed by atoms with Crippen LogP contribution >= 0.6 is 0 Å². The minimum absolute atomic E-state index is 0.251. The number of hydrogen-bond donors (Lipinski definition) is 3. The lowest BCUT2D eigenvalue weighted by Crippen LogP contribution is -2.37. The lowest BCUT2D eigenvalue weighted by molar-refractivity contribution is 0.357. The Bertz CT molecular complexity index is 940. The summed E-state index contributed by atoms with van der Waals surface area (Å²) in [5, 5.41) is 6.54. The fourth-order valence-corrected chi connectivity index (χ4v) is 3.76. The minimum atomic E-state index is -3.41. The third-order valence-electron chi connectivity index (χ3n) is 4.65. The molecular weight excluding hydrogens is 376 g/mol. The van der Waals surface area contributed by atoms with Crippen LogP contribution in [0.2, 0.25) is 0 Å². The van der Waals surface area contributed by atoms with Gasteiger partial charge in [-0.05, 0) is 48.4 Å². The molecule has 3 rings (SSSR count). The molecule has 28 heavy (non-hydrogen) atoms. The highest BCUT2D eigenvalue weighted by atomic mass is 32.2. The number of benzene rings is 2. The van der Waals surface area contributed by atoms with Crippen molar-refractivity contribution in [2.75, 3.05) is 27.2 Å². The SMILES string of the molecule is CN=C(NCCc1ccc2c(c1)CCO2)NCc1ccc(S(=O)(=O)NC)cc1. The molecule has 0 radical (unpaired) electrons. The Hall–Kier alpha value is -2.58. The Morgan fingerprint density at radius 1 is 1.11 bits per heavy atom. The zero-order valence-corrected chi connectivity index (χ0v) is 17.0.